The summed E-state index contributed by atoms with van der Waals surface area (Å²) in [6.45, 7) is 2.23. The van der Waals surface area contributed by atoms with Gasteiger partial charge >= 0.3 is 0 Å². The Hall–Kier alpha value is -3.52. The fourth-order valence-corrected chi connectivity index (χ4v) is 3.05. The summed E-state index contributed by atoms with van der Waals surface area (Å²) in [5, 5.41) is 9.64. The molecule has 0 aliphatic heterocycles. The lowest BCUT2D eigenvalue weighted by atomic mass is 10.2. The van der Waals surface area contributed by atoms with E-state index < -0.39 is 0 Å². The summed E-state index contributed by atoms with van der Waals surface area (Å²) in [7, 11) is 0. The van der Waals surface area contributed by atoms with Gasteiger partial charge in [-0.05, 0) is 49.7 Å². The fraction of sp³-hybridized carbons (Fsp3) is 0.217. The highest BCUT2D eigenvalue weighted by molar-refractivity contribution is 5.79. The molecule has 0 spiro atoms. The van der Waals surface area contributed by atoms with Crippen LogP contribution in [0, 0.1) is 18.3 Å². The number of nitrogens with zero attached hydrogens (tertiary/aromatic N) is 2. The molecule has 5 nitrogen and oxygen atoms in total. The van der Waals surface area contributed by atoms with Gasteiger partial charge in [-0.15, -0.1) is 0 Å². The van der Waals surface area contributed by atoms with Crippen molar-refractivity contribution in [2.45, 2.75) is 32.8 Å². The molecular weight excluding hydrogens is 352 g/mol. The summed E-state index contributed by atoms with van der Waals surface area (Å²) in [6, 6.07) is 19.7. The van der Waals surface area contributed by atoms with Crippen LogP contribution >= 0.6 is 0 Å². The van der Waals surface area contributed by atoms with Gasteiger partial charge in [-0.2, -0.15) is 5.26 Å². The summed E-state index contributed by atoms with van der Waals surface area (Å²) in [5.74, 6) is 3.00. The lowest BCUT2D eigenvalue weighted by Crippen LogP contribution is -1.97. The zero-order valence-corrected chi connectivity index (χ0v) is 15.6. The number of nitriles is 1. The Morgan fingerprint density at radius 3 is 2.75 bits per heavy atom. The van der Waals surface area contributed by atoms with Crippen molar-refractivity contribution in [1.82, 2.24) is 4.98 Å². The number of fused-ring (bicyclic) bond motifs is 1. The van der Waals surface area contributed by atoms with E-state index >= 15 is 0 Å². The first-order valence-electron chi connectivity index (χ1n) is 9.27. The lowest BCUT2D eigenvalue weighted by molar-refractivity contribution is 0.300. The molecule has 0 saturated heterocycles. The molecule has 2 heterocycles. The predicted molar refractivity (Wildman–Crippen MR) is 106 cm³/mol. The quantitative estimate of drug-likeness (QED) is 0.382. The number of furan rings is 1. The summed E-state index contributed by atoms with van der Waals surface area (Å²) in [5.41, 5.74) is 2.55. The van der Waals surface area contributed by atoms with Crippen LogP contribution in [0.3, 0.4) is 0 Å². The van der Waals surface area contributed by atoms with E-state index in [1.807, 2.05) is 61.5 Å². The van der Waals surface area contributed by atoms with E-state index in [2.05, 4.69) is 11.1 Å². The van der Waals surface area contributed by atoms with Crippen LogP contribution in [0.2, 0.25) is 0 Å². The molecule has 0 unspecified atom stereocenters. The normalized spacial score (nSPS) is 10.9. The molecule has 140 valence electrons. The average Bonchev–Trinajstić information content (AvgIpc) is 3.29. The van der Waals surface area contributed by atoms with Crippen LogP contribution in [0.15, 0.2) is 63.4 Å². The molecule has 0 radical (unpaired) electrons. The molecule has 28 heavy (non-hydrogen) atoms. The Kier molecular flexibility index (Phi) is 5.11. The Morgan fingerprint density at radius 2 is 1.93 bits per heavy atom. The second-order valence-electron chi connectivity index (χ2n) is 6.60. The number of aryl methyl sites for hydroxylation is 2. The van der Waals surface area contributed by atoms with Gasteiger partial charge < -0.3 is 13.6 Å². The molecule has 2 aromatic carbocycles. The zero-order chi connectivity index (χ0) is 19.3. The maximum Gasteiger partial charge on any atom is 0.226 e. The standard InChI is InChI=1S/C23H20N2O3/c1-16-21(25-23(27-16)17-7-3-2-4-8-17)15-26-19-10-11-22-18(13-19)14-20(28-22)9-5-6-12-24/h2-4,7-8,10-11,13-14H,5-6,9,15H2,1H3. The third-order valence-electron chi connectivity index (χ3n) is 4.54. The van der Waals surface area contributed by atoms with Gasteiger partial charge in [-0.3, -0.25) is 0 Å². The van der Waals surface area contributed by atoms with Gasteiger partial charge in [-0.25, -0.2) is 4.98 Å². The summed E-state index contributed by atoms with van der Waals surface area (Å²) < 4.78 is 17.5. The third-order valence-corrected chi connectivity index (χ3v) is 4.54. The molecular formula is C23H20N2O3. The van der Waals surface area contributed by atoms with E-state index in [1.165, 1.54) is 0 Å². The first-order chi connectivity index (χ1) is 13.7. The number of oxazole rings is 1. The SMILES string of the molecule is Cc1oc(-c2ccccc2)nc1COc1ccc2oc(CCCC#N)cc2c1. The molecule has 4 rings (SSSR count). The van der Waals surface area contributed by atoms with Crippen LogP contribution in [0.25, 0.3) is 22.4 Å². The van der Waals surface area contributed by atoms with Crippen LogP contribution in [0.4, 0.5) is 0 Å². The van der Waals surface area contributed by atoms with E-state index in [4.69, 9.17) is 18.8 Å². The maximum atomic E-state index is 8.65. The molecule has 0 atom stereocenters. The molecule has 0 saturated carbocycles. The van der Waals surface area contributed by atoms with Gasteiger partial charge in [0.15, 0.2) is 0 Å². The minimum Gasteiger partial charge on any atom is -0.487 e. The largest absolute Gasteiger partial charge is 0.487 e. The first kappa shape index (κ1) is 17.9. The van der Waals surface area contributed by atoms with Crippen molar-refractivity contribution in [2.24, 2.45) is 0 Å². The Balaban J connectivity index is 1.45. The van der Waals surface area contributed by atoms with Crippen molar-refractivity contribution >= 4 is 11.0 Å². The monoisotopic (exact) mass is 372 g/mol. The van der Waals surface area contributed by atoms with Crippen LogP contribution in [0.1, 0.15) is 30.1 Å². The van der Waals surface area contributed by atoms with Gasteiger partial charge in [0.2, 0.25) is 5.89 Å². The Bertz CT molecular complexity index is 1120. The second-order valence-corrected chi connectivity index (χ2v) is 6.60. The van der Waals surface area contributed by atoms with Gasteiger partial charge in [0, 0.05) is 23.8 Å². The highest BCUT2D eigenvalue weighted by atomic mass is 16.5. The molecule has 5 heteroatoms. The van der Waals surface area contributed by atoms with Gasteiger partial charge in [0.05, 0.1) is 6.07 Å². The van der Waals surface area contributed by atoms with E-state index in [0.717, 1.165) is 52.3 Å². The molecule has 0 bridgehead atoms. The maximum absolute atomic E-state index is 8.65. The Labute approximate surface area is 163 Å². The molecule has 0 aliphatic carbocycles. The van der Waals surface area contributed by atoms with Gasteiger partial charge in [0.1, 0.15) is 35.2 Å². The highest BCUT2D eigenvalue weighted by Gasteiger charge is 2.12. The van der Waals surface area contributed by atoms with Crippen molar-refractivity contribution in [3.05, 3.63) is 71.8 Å². The molecule has 0 amide bonds. The van der Waals surface area contributed by atoms with E-state index in [0.29, 0.717) is 18.9 Å². The number of aromatic nitrogens is 1. The topological polar surface area (TPSA) is 72.2 Å². The second kappa shape index (κ2) is 8.01. The number of benzene rings is 2. The highest BCUT2D eigenvalue weighted by Crippen LogP contribution is 2.27. The summed E-state index contributed by atoms with van der Waals surface area (Å²) >= 11 is 0. The summed E-state index contributed by atoms with van der Waals surface area (Å²) in [4.78, 5) is 4.57. The lowest BCUT2D eigenvalue weighted by Gasteiger charge is -2.04. The van der Waals surface area contributed by atoms with Crippen LogP contribution in [-0.4, -0.2) is 4.98 Å². The number of ether oxygens (including phenoxy) is 1. The smallest absolute Gasteiger partial charge is 0.226 e. The van der Waals surface area contributed by atoms with E-state index in [-0.39, 0.29) is 0 Å². The van der Waals surface area contributed by atoms with Gasteiger partial charge in [-0.1, -0.05) is 18.2 Å². The predicted octanol–water partition coefficient (Wildman–Crippen LogP) is 5.82. The first-order valence-corrected chi connectivity index (χ1v) is 9.27. The van der Waals surface area contributed by atoms with Crippen molar-refractivity contribution in [3.8, 4) is 23.3 Å². The molecule has 4 aromatic rings. The van der Waals surface area contributed by atoms with Crippen LogP contribution < -0.4 is 4.74 Å². The molecule has 0 N–H and O–H groups in total. The molecule has 0 aliphatic rings. The van der Waals surface area contributed by atoms with Crippen molar-refractivity contribution in [1.29, 1.82) is 5.26 Å². The Morgan fingerprint density at radius 1 is 1.07 bits per heavy atom. The number of hydrogen-bond acceptors (Lipinski definition) is 5. The molecule has 2 aromatic heterocycles. The van der Waals surface area contributed by atoms with Crippen LogP contribution in [-0.2, 0) is 13.0 Å². The average molecular weight is 372 g/mol. The number of unbranched alkanes of at least 4 members (excludes halogenated alkanes) is 1. The van der Waals surface area contributed by atoms with Gasteiger partial charge in [0.25, 0.3) is 0 Å². The molecule has 0 fully saturated rings. The van der Waals surface area contributed by atoms with E-state index in [9.17, 15) is 0 Å². The zero-order valence-electron chi connectivity index (χ0n) is 15.6. The minimum atomic E-state index is 0.334. The van der Waals surface area contributed by atoms with Crippen molar-refractivity contribution < 1.29 is 13.6 Å². The van der Waals surface area contributed by atoms with E-state index in [1.54, 1.807) is 0 Å². The number of hydrogen-bond donors (Lipinski definition) is 0. The fourth-order valence-electron chi connectivity index (χ4n) is 3.05. The number of rotatable bonds is 7. The van der Waals surface area contributed by atoms with Crippen molar-refractivity contribution in [2.75, 3.05) is 0 Å². The minimum absolute atomic E-state index is 0.334. The third kappa shape index (κ3) is 3.91. The summed E-state index contributed by atoms with van der Waals surface area (Å²) in [6.07, 6.45) is 2.10. The van der Waals surface area contributed by atoms with Crippen LogP contribution in [0.5, 0.6) is 5.75 Å². The van der Waals surface area contributed by atoms with Crippen molar-refractivity contribution in [3.63, 3.8) is 0 Å².